The van der Waals surface area contributed by atoms with Crippen LogP contribution in [0.4, 0.5) is 0 Å². The van der Waals surface area contributed by atoms with Crippen LogP contribution in [0, 0.1) is 6.92 Å². The number of benzene rings is 1. The van der Waals surface area contributed by atoms with Gasteiger partial charge in [-0.3, -0.25) is 14.4 Å². The van der Waals surface area contributed by atoms with Crippen molar-refractivity contribution in [3.05, 3.63) is 51.9 Å². The lowest BCUT2D eigenvalue weighted by atomic mass is 9.92. The van der Waals surface area contributed by atoms with Crippen molar-refractivity contribution in [1.29, 1.82) is 0 Å². The lowest BCUT2D eigenvalue weighted by molar-refractivity contribution is -0.148. The number of hydrogen-bond acceptors (Lipinski definition) is 8. The maximum absolute atomic E-state index is 12.4. The third kappa shape index (κ3) is 7.60. The van der Waals surface area contributed by atoms with Crippen molar-refractivity contribution in [2.45, 2.75) is 59.8 Å². The summed E-state index contributed by atoms with van der Waals surface area (Å²) in [6, 6.07) is 3.87. The van der Waals surface area contributed by atoms with Crippen LogP contribution in [-0.4, -0.2) is 46.8 Å². The number of rotatable bonds is 11. The molecule has 0 bridgehead atoms. The second kappa shape index (κ2) is 12.6. The number of aliphatic hydroxyl groups is 3. The van der Waals surface area contributed by atoms with E-state index >= 15 is 0 Å². The summed E-state index contributed by atoms with van der Waals surface area (Å²) in [4.78, 5) is 15.6. The molecule has 9 nitrogen and oxygen atoms in total. The number of allylic oxidation sites excluding steroid dienone is 1. The van der Waals surface area contributed by atoms with Gasteiger partial charge in [-0.1, -0.05) is 6.07 Å². The minimum atomic E-state index is -2.87. The lowest BCUT2D eigenvalue weighted by Crippen LogP contribution is -2.33. The number of hydrogen-bond donors (Lipinski definition) is 4. The number of nitrogens with one attached hydrogen (secondary N) is 1. The van der Waals surface area contributed by atoms with Crippen molar-refractivity contribution >= 4 is 20.9 Å². The van der Waals surface area contributed by atoms with E-state index in [0.717, 1.165) is 0 Å². The van der Waals surface area contributed by atoms with Crippen LogP contribution >= 0.6 is 8.18 Å². The first kappa shape index (κ1) is 27.6. The largest absolute Gasteiger partial charge is 0.506 e. The number of ether oxygens (including phenoxy) is 1. The Balaban J connectivity index is 3.17. The summed E-state index contributed by atoms with van der Waals surface area (Å²) in [6.45, 7) is 12.8. The standard InChI is InChI=1S/C22H33N2O7P/c1-12(2)30-22(28)16(6)24-32(29)31-17-9-8-13(3)18(10-17)21(27)19(14(4)11-25)20(26)15(5)23-7/h8-10,12,16,21,25-27,32H,7,11H2,1-6H3,(H,24,29)/b19-14-,20-15+/t16-,21?/m0/s1. The second-order valence-corrected chi connectivity index (χ2v) is 8.67. The highest BCUT2D eigenvalue weighted by Gasteiger charge is 2.24. The van der Waals surface area contributed by atoms with Crippen LogP contribution in [0.5, 0.6) is 5.75 Å². The van der Waals surface area contributed by atoms with E-state index in [-0.39, 0.29) is 28.9 Å². The molecule has 32 heavy (non-hydrogen) atoms. The van der Waals surface area contributed by atoms with Crippen molar-refractivity contribution in [1.82, 2.24) is 5.09 Å². The minimum Gasteiger partial charge on any atom is -0.506 e. The molecule has 0 spiro atoms. The molecule has 0 aliphatic rings. The lowest BCUT2D eigenvalue weighted by Gasteiger charge is -2.21. The first-order valence-corrected chi connectivity index (χ1v) is 11.4. The zero-order chi connectivity index (χ0) is 24.6. The summed E-state index contributed by atoms with van der Waals surface area (Å²) in [5.41, 5.74) is 1.67. The van der Waals surface area contributed by atoms with Crippen molar-refractivity contribution < 1.29 is 33.9 Å². The molecular weight excluding hydrogens is 435 g/mol. The van der Waals surface area contributed by atoms with Crippen LogP contribution < -0.4 is 9.61 Å². The summed E-state index contributed by atoms with van der Waals surface area (Å²) in [5, 5.41) is 33.7. The molecule has 0 fully saturated rings. The van der Waals surface area contributed by atoms with Gasteiger partial charge in [0.1, 0.15) is 23.7 Å². The molecule has 10 heteroatoms. The average Bonchev–Trinajstić information content (AvgIpc) is 2.73. The monoisotopic (exact) mass is 468 g/mol. The molecule has 0 heterocycles. The van der Waals surface area contributed by atoms with Crippen molar-refractivity contribution in [2.75, 3.05) is 6.61 Å². The fourth-order valence-electron chi connectivity index (χ4n) is 2.76. The van der Waals surface area contributed by atoms with Crippen LogP contribution in [-0.2, 0) is 14.1 Å². The fourth-order valence-corrected chi connectivity index (χ4v) is 3.63. The maximum atomic E-state index is 12.4. The van der Waals surface area contributed by atoms with Gasteiger partial charge in [-0.2, -0.15) is 0 Å². The maximum Gasteiger partial charge on any atom is 0.323 e. The Morgan fingerprint density at radius 2 is 1.91 bits per heavy atom. The van der Waals surface area contributed by atoms with Crippen LogP contribution in [0.2, 0.25) is 0 Å². The summed E-state index contributed by atoms with van der Waals surface area (Å²) >= 11 is 0. The van der Waals surface area contributed by atoms with Gasteiger partial charge in [0.05, 0.1) is 18.4 Å². The molecule has 4 N–H and O–H groups in total. The zero-order valence-electron chi connectivity index (χ0n) is 19.3. The number of esters is 1. The van der Waals surface area contributed by atoms with Crippen molar-refractivity contribution in [3.8, 4) is 5.75 Å². The predicted molar refractivity (Wildman–Crippen MR) is 124 cm³/mol. The highest BCUT2D eigenvalue weighted by molar-refractivity contribution is 7.37. The molecule has 0 radical (unpaired) electrons. The summed E-state index contributed by atoms with van der Waals surface area (Å²) in [7, 11) is -2.87. The molecule has 0 aromatic heterocycles. The van der Waals surface area contributed by atoms with Crippen LogP contribution in [0.25, 0.3) is 0 Å². The Kier molecular flexibility index (Phi) is 10.8. The van der Waals surface area contributed by atoms with E-state index in [9.17, 15) is 24.7 Å². The summed E-state index contributed by atoms with van der Waals surface area (Å²) in [5.74, 6) is -0.657. The van der Waals surface area contributed by atoms with E-state index in [0.29, 0.717) is 16.7 Å². The zero-order valence-corrected chi connectivity index (χ0v) is 20.3. The number of aliphatic hydroxyl groups excluding tert-OH is 3. The smallest absolute Gasteiger partial charge is 0.323 e. The Hall–Kier alpha value is -2.45. The third-order valence-electron chi connectivity index (χ3n) is 4.60. The molecule has 1 aromatic rings. The Morgan fingerprint density at radius 1 is 1.28 bits per heavy atom. The minimum absolute atomic E-state index is 0.0912. The van der Waals surface area contributed by atoms with Gasteiger partial charge < -0.3 is 24.6 Å². The fraction of sp³-hybridized carbons (Fsp3) is 0.455. The number of aryl methyl sites for hydroxylation is 1. The van der Waals surface area contributed by atoms with Crippen molar-refractivity contribution in [2.24, 2.45) is 4.99 Å². The SMILES string of the molecule is C=N/C(C)=C(O)\C(=C(/C)CO)C(O)c1cc(O[PH](=O)N[C@@H](C)C(=O)OC(C)C)ccc1C. The Labute approximate surface area is 189 Å². The van der Waals surface area contributed by atoms with Gasteiger partial charge in [0.15, 0.2) is 0 Å². The third-order valence-corrected chi connectivity index (χ3v) is 5.69. The van der Waals surface area contributed by atoms with Gasteiger partial charge in [-0.05, 0) is 77.1 Å². The molecule has 1 aromatic carbocycles. The molecule has 0 saturated carbocycles. The summed E-state index contributed by atoms with van der Waals surface area (Å²) < 4.78 is 22.9. The predicted octanol–water partition coefficient (Wildman–Crippen LogP) is 3.53. The van der Waals surface area contributed by atoms with Crippen LogP contribution in [0.3, 0.4) is 0 Å². The van der Waals surface area contributed by atoms with E-state index in [1.54, 1.807) is 39.8 Å². The van der Waals surface area contributed by atoms with Gasteiger partial charge in [-0.15, -0.1) is 0 Å². The topological polar surface area (TPSA) is 138 Å². The van der Waals surface area contributed by atoms with Crippen LogP contribution in [0.1, 0.15) is 51.8 Å². The Bertz CT molecular complexity index is 925. The molecule has 0 saturated heterocycles. The van der Waals surface area contributed by atoms with Gasteiger partial charge in [-0.25, -0.2) is 5.09 Å². The normalized spacial score (nSPS) is 15.9. The molecule has 3 atom stereocenters. The molecular formula is C22H33N2O7P. The quantitative estimate of drug-likeness (QED) is 0.127. The van der Waals surface area contributed by atoms with Gasteiger partial charge in [0.25, 0.3) is 0 Å². The van der Waals surface area contributed by atoms with E-state index < -0.39 is 32.9 Å². The molecule has 1 rings (SSSR count). The van der Waals surface area contributed by atoms with E-state index in [4.69, 9.17) is 9.26 Å². The molecule has 178 valence electrons. The molecule has 0 amide bonds. The van der Waals surface area contributed by atoms with Gasteiger partial charge >= 0.3 is 14.1 Å². The molecule has 0 aliphatic heterocycles. The number of carbonyl (C=O) groups excluding carboxylic acids is 1. The number of carbonyl (C=O) groups is 1. The molecule has 0 aliphatic carbocycles. The summed E-state index contributed by atoms with van der Waals surface area (Å²) in [6.07, 6.45) is -1.62. The number of nitrogens with zero attached hydrogens (tertiary/aromatic N) is 1. The first-order valence-electron chi connectivity index (χ1n) is 10.1. The average molecular weight is 468 g/mol. The van der Waals surface area contributed by atoms with Gasteiger partial charge in [0.2, 0.25) is 0 Å². The highest BCUT2D eigenvalue weighted by atomic mass is 31.1. The van der Waals surface area contributed by atoms with Gasteiger partial charge in [0, 0.05) is 5.57 Å². The van der Waals surface area contributed by atoms with E-state index in [1.807, 2.05) is 0 Å². The van der Waals surface area contributed by atoms with Crippen molar-refractivity contribution in [3.63, 3.8) is 0 Å². The van der Waals surface area contributed by atoms with Crippen LogP contribution in [0.15, 0.2) is 45.8 Å². The Morgan fingerprint density at radius 3 is 2.44 bits per heavy atom. The van der Waals surface area contributed by atoms with E-state index in [2.05, 4.69) is 16.8 Å². The first-order chi connectivity index (χ1) is 14.9. The van der Waals surface area contributed by atoms with E-state index in [1.165, 1.54) is 19.9 Å². The highest BCUT2D eigenvalue weighted by Crippen LogP contribution is 2.35. The number of aliphatic imine (C=N–C) groups is 1. The molecule has 2 unspecified atom stereocenters. The second-order valence-electron chi connectivity index (χ2n) is 7.61.